The van der Waals surface area contributed by atoms with Gasteiger partial charge in [-0.15, -0.1) is 6.42 Å². The van der Waals surface area contributed by atoms with Crippen LogP contribution in [0.2, 0.25) is 0 Å². The van der Waals surface area contributed by atoms with Gasteiger partial charge in [0, 0.05) is 37.0 Å². The van der Waals surface area contributed by atoms with Gasteiger partial charge in [-0.1, -0.05) is 58.7 Å². The van der Waals surface area contributed by atoms with E-state index in [1.54, 1.807) is 31.3 Å². The van der Waals surface area contributed by atoms with Crippen LogP contribution >= 0.6 is 0 Å². The molecule has 7 nitrogen and oxygen atoms in total. The van der Waals surface area contributed by atoms with Crippen LogP contribution in [-0.4, -0.2) is 71.4 Å². The van der Waals surface area contributed by atoms with Crippen molar-refractivity contribution in [2.24, 2.45) is 5.92 Å². The number of rotatable bonds is 6. The quantitative estimate of drug-likeness (QED) is 0.245. The molecule has 5 heterocycles. The lowest BCUT2D eigenvalue weighted by Gasteiger charge is -2.31. The Kier molecular flexibility index (Phi) is 12.6. The topological polar surface area (TPSA) is 63.6 Å². The number of fused-ring (bicyclic) bond motifs is 2. The third-order valence-corrected chi connectivity index (χ3v) is 8.97. The van der Waals surface area contributed by atoms with E-state index in [-0.39, 0.29) is 40.9 Å². The maximum atomic E-state index is 16.7. The number of anilines is 1. The fourth-order valence-electron chi connectivity index (χ4n) is 6.88. The zero-order valence-electron chi connectivity index (χ0n) is 29.3. The number of nitrogens with zero attached hydrogens (tertiary/aromatic N) is 5. The summed E-state index contributed by atoms with van der Waals surface area (Å²) in [4.78, 5) is 18.2. The summed E-state index contributed by atoms with van der Waals surface area (Å²) in [5.74, 6) is 1.92. The van der Waals surface area contributed by atoms with Crippen molar-refractivity contribution in [3.05, 3.63) is 59.1 Å². The van der Waals surface area contributed by atoms with Gasteiger partial charge in [0.15, 0.2) is 5.82 Å². The van der Waals surface area contributed by atoms with E-state index in [0.29, 0.717) is 73.5 Å². The summed E-state index contributed by atoms with van der Waals surface area (Å²) < 4.78 is 56.8. The molecule has 3 aliphatic heterocycles. The Labute approximate surface area is 283 Å². The monoisotopic (exact) mass is 663 g/mol. The fraction of sp³-hybridized carbons (Fsp3) is 0.500. The Bertz CT molecular complexity index is 1700. The lowest BCUT2D eigenvalue weighted by Crippen LogP contribution is -2.43. The van der Waals surface area contributed by atoms with Gasteiger partial charge in [0.2, 0.25) is 0 Å². The van der Waals surface area contributed by atoms with Crippen molar-refractivity contribution < 1.29 is 22.6 Å². The highest BCUT2D eigenvalue weighted by molar-refractivity contribution is 5.95. The summed E-state index contributed by atoms with van der Waals surface area (Å²) in [5, 5.41) is 0.431. The lowest BCUT2D eigenvalue weighted by atomic mass is 9.92. The van der Waals surface area contributed by atoms with Gasteiger partial charge < -0.3 is 14.4 Å². The molecule has 0 spiro atoms. The van der Waals surface area contributed by atoms with Crippen molar-refractivity contribution in [3.8, 4) is 29.6 Å². The Balaban J connectivity index is 0.00000125. The van der Waals surface area contributed by atoms with Gasteiger partial charge in [-0.25, -0.2) is 13.2 Å². The first-order valence-electron chi connectivity index (χ1n) is 17.0. The summed E-state index contributed by atoms with van der Waals surface area (Å²) in [6.45, 7) is 17.2. The van der Waals surface area contributed by atoms with Crippen LogP contribution in [0.25, 0.3) is 27.7 Å². The van der Waals surface area contributed by atoms with Crippen LogP contribution in [0.5, 0.6) is 6.01 Å². The molecule has 3 saturated heterocycles. The predicted octanol–water partition coefficient (Wildman–Crippen LogP) is 8.47. The molecule has 0 amide bonds. The predicted molar refractivity (Wildman–Crippen MR) is 188 cm³/mol. The number of hydrogen-bond acceptors (Lipinski definition) is 7. The third-order valence-electron chi connectivity index (χ3n) is 8.97. The van der Waals surface area contributed by atoms with Gasteiger partial charge in [-0.3, -0.25) is 9.88 Å². The molecule has 48 heavy (non-hydrogen) atoms. The molecule has 3 aliphatic rings. The summed E-state index contributed by atoms with van der Waals surface area (Å²) in [6.07, 6.45) is 10.4. The number of pyridine rings is 1. The molecule has 0 bridgehead atoms. The second-order valence-corrected chi connectivity index (χ2v) is 12.2. The SMILES string of the molecule is C#C/C(=C(/C)F)c1c(C)cccc1-c1ncc2c(N3CCOCC(C)C3)nc(OC[C@@]34CCCN3C/C(=C\F)C4)nc2c1F.CC.CC. The Morgan fingerprint density at radius 1 is 1.21 bits per heavy atom. The molecule has 1 aromatic carbocycles. The Hall–Kier alpha value is -3.94. The molecule has 0 saturated carbocycles. The Morgan fingerprint density at radius 3 is 2.69 bits per heavy atom. The van der Waals surface area contributed by atoms with Crippen LogP contribution in [0, 0.1) is 31.0 Å². The van der Waals surface area contributed by atoms with Crippen LogP contribution in [0.3, 0.4) is 0 Å². The normalized spacial score (nSPS) is 22.1. The van der Waals surface area contributed by atoms with Gasteiger partial charge in [0.1, 0.15) is 29.5 Å². The van der Waals surface area contributed by atoms with Crippen molar-refractivity contribution in [1.82, 2.24) is 19.9 Å². The molecule has 0 aliphatic carbocycles. The van der Waals surface area contributed by atoms with Gasteiger partial charge in [-0.2, -0.15) is 9.97 Å². The zero-order chi connectivity index (χ0) is 35.0. The molecule has 0 N–H and O–H groups in total. The maximum Gasteiger partial charge on any atom is 0.319 e. The number of allylic oxidation sites excluding steroid dienone is 2. The summed E-state index contributed by atoms with van der Waals surface area (Å²) in [6, 6.07) is 5.27. The van der Waals surface area contributed by atoms with E-state index in [2.05, 4.69) is 32.6 Å². The van der Waals surface area contributed by atoms with E-state index < -0.39 is 11.6 Å². The molecule has 258 valence electrons. The highest BCUT2D eigenvalue weighted by atomic mass is 19.1. The largest absolute Gasteiger partial charge is 0.461 e. The average Bonchev–Trinajstić information content (AvgIpc) is 3.57. The molecule has 1 unspecified atom stereocenters. The van der Waals surface area contributed by atoms with Crippen molar-refractivity contribution in [2.45, 2.75) is 73.3 Å². The van der Waals surface area contributed by atoms with E-state index in [1.807, 2.05) is 27.7 Å². The lowest BCUT2D eigenvalue weighted by molar-refractivity contribution is 0.108. The summed E-state index contributed by atoms with van der Waals surface area (Å²) >= 11 is 0. The first-order chi connectivity index (χ1) is 23.2. The number of aromatic nitrogens is 3. The van der Waals surface area contributed by atoms with Gasteiger partial charge in [-0.05, 0) is 56.7 Å². The molecular weight excluding hydrogens is 615 g/mol. The van der Waals surface area contributed by atoms with E-state index in [0.717, 1.165) is 25.0 Å². The van der Waals surface area contributed by atoms with Crippen molar-refractivity contribution >= 4 is 22.3 Å². The smallest absolute Gasteiger partial charge is 0.319 e. The van der Waals surface area contributed by atoms with Crippen molar-refractivity contribution in [1.29, 1.82) is 0 Å². The van der Waals surface area contributed by atoms with E-state index in [1.165, 1.54) is 6.92 Å². The minimum absolute atomic E-state index is 0.00227. The second-order valence-electron chi connectivity index (χ2n) is 12.2. The van der Waals surface area contributed by atoms with Gasteiger partial charge in [0.05, 0.1) is 36.0 Å². The van der Waals surface area contributed by atoms with E-state index >= 15 is 4.39 Å². The molecule has 3 fully saturated rings. The number of hydrogen-bond donors (Lipinski definition) is 0. The minimum Gasteiger partial charge on any atom is -0.461 e. The Morgan fingerprint density at radius 2 is 1.98 bits per heavy atom. The van der Waals surface area contributed by atoms with Crippen LogP contribution in [-0.2, 0) is 4.74 Å². The van der Waals surface area contributed by atoms with Crippen molar-refractivity contribution in [3.63, 3.8) is 0 Å². The second kappa shape index (κ2) is 16.4. The van der Waals surface area contributed by atoms with Crippen LogP contribution in [0.1, 0.15) is 71.9 Å². The number of halogens is 3. The zero-order valence-corrected chi connectivity index (χ0v) is 29.3. The number of benzene rings is 1. The number of terminal acetylenes is 1. The molecule has 2 aromatic heterocycles. The first kappa shape index (κ1) is 36.9. The molecule has 2 atom stereocenters. The number of ether oxygens (including phenoxy) is 2. The maximum absolute atomic E-state index is 16.7. The highest BCUT2D eigenvalue weighted by Crippen LogP contribution is 2.42. The van der Waals surface area contributed by atoms with E-state index in [9.17, 15) is 8.78 Å². The number of aryl methyl sites for hydroxylation is 1. The molecular formula is C38H48F3N5O2. The summed E-state index contributed by atoms with van der Waals surface area (Å²) in [5.41, 5.74) is 1.95. The molecule has 3 aromatic rings. The van der Waals surface area contributed by atoms with Gasteiger partial charge in [0.25, 0.3) is 0 Å². The standard InChI is InChI=1S/C34H36F3N5O2.2C2H6/c1-5-25(23(4)36)28-22(3)8-6-9-26(28)30-29(37)31-27(16-38-30)32(41-12-13-43-19-21(2)17-41)40-33(39-31)44-20-34-10-7-11-42(34)18-24(14-34)15-35;2*1-2/h1,6,8-9,15-16,21H,7,10-14,17-20H2,2-4H3;2*1-2H3/b24-15-,25-23+;;/t21?,34-;;/m0../s1. The molecule has 6 rings (SSSR count). The molecule has 0 radical (unpaired) electrons. The van der Waals surface area contributed by atoms with Gasteiger partial charge >= 0.3 is 6.01 Å². The van der Waals surface area contributed by atoms with E-state index in [4.69, 9.17) is 20.9 Å². The average molecular weight is 664 g/mol. The third kappa shape index (κ3) is 7.37. The minimum atomic E-state index is -0.681. The van der Waals surface area contributed by atoms with Crippen LogP contribution < -0.4 is 9.64 Å². The fourth-order valence-corrected chi connectivity index (χ4v) is 6.88. The van der Waals surface area contributed by atoms with Crippen LogP contribution in [0.4, 0.5) is 19.0 Å². The van der Waals surface area contributed by atoms with Crippen molar-refractivity contribution in [2.75, 3.05) is 50.9 Å². The first-order valence-corrected chi connectivity index (χ1v) is 17.0. The summed E-state index contributed by atoms with van der Waals surface area (Å²) in [7, 11) is 0. The molecule has 10 heteroatoms. The highest BCUT2D eigenvalue weighted by Gasteiger charge is 2.47. The van der Waals surface area contributed by atoms with Crippen LogP contribution in [0.15, 0.2) is 42.1 Å².